The van der Waals surface area contributed by atoms with E-state index in [4.69, 9.17) is 0 Å². The quantitative estimate of drug-likeness (QED) is 0.864. The topological polar surface area (TPSA) is 51.0 Å². The number of rotatable bonds is 4. The van der Waals surface area contributed by atoms with Crippen molar-refractivity contribution in [3.63, 3.8) is 0 Å². The van der Waals surface area contributed by atoms with Crippen LogP contribution in [0.25, 0.3) is 0 Å². The van der Waals surface area contributed by atoms with Gasteiger partial charge < -0.3 is 9.47 Å². The van der Waals surface area contributed by atoms with Gasteiger partial charge in [-0.15, -0.1) is 10.2 Å². The minimum absolute atomic E-state index is 0.165. The van der Waals surface area contributed by atoms with Gasteiger partial charge in [-0.3, -0.25) is 4.79 Å². The van der Waals surface area contributed by atoms with Gasteiger partial charge in [0, 0.05) is 13.0 Å². The molecule has 1 aromatic heterocycles. The highest BCUT2D eigenvalue weighted by molar-refractivity contribution is 5.81. The highest BCUT2D eigenvalue weighted by Crippen LogP contribution is 2.24. The third kappa shape index (κ3) is 2.55. The Morgan fingerprint density at radius 1 is 1.24 bits per heavy atom. The molecule has 0 saturated carbocycles. The standard InChI is InChI=1S/C16H20N4O/c1-3-9-19-11-15-18-17-14(20(15)12(2)16(19)21)10-13-7-5-4-6-8-13/h4-8,12H,3,9-11H2,1-2H3/t12-/m0/s1. The van der Waals surface area contributed by atoms with E-state index in [0.717, 1.165) is 24.6 Å². The molecule has 0 saturated heterocycles. The number of nitrogens with zero attached hydrogens (tertiary/aromatic N) is 4. The van der Waals surface area contributed by atoms with Crippen LogP contribution in [0.4, 0.5) is 0 Å². The lowest BCUT2D eigenvalue weighted by Gasteiger charge is -2.31. The molecule has 1 aromatic carbocycles. The molecule has 0 spiro atoms. The zero-order valence-corrected chi connectivity index (χ0v) is 12.5. The van der Waals surface area contributed by atoms with Gasteiger partial charge in [-0.2, -0.15) is 0 Å². The number of hydrogen-bond acceptors (Lipinski definition) is 3. The fourth-order valence-electron chi connectivity index (χ4n) is 2.90. The van der Waals surface area contributed by atoms with Crippen LogP contribution in [0.1, 0.15) is 43.5 Å². The Kier molecular flexibility index (Phi) is 3.73. The summed E-state index contributed by atoms with van der Waals surface area (Å²) in [5.41, 5.74) is 1.18. The van der Waals surface area contributed by atoms with E-state index in [1.165, 1.54) is 5.56 Å². The lowest BCUT2D eigenvalue weighted by Crippen LogP contribution is -2.42. The molecule has 3 rings (SSSR count). The normalized spacial score (nSPS) is 17.9. The van der Waals surface area contributed by atoms with Gasteiger partial charge in [0.25, 0.3) is 0 Å². The maximum Gasteiger partial charge on any atom is 0.245 e. The minimum Gasteiger partial charge on any atom is -0.333 e. The molecule has 0 radical (unpaired) electrons. The number of fused-ring (bicyclic) bond motifs is 1. The molecule has 2 aromatic rings. The van der Waals surface area contributed by atoms with Crippen LogP contribution in [0, 0.1) is 0 Å². The molecule has 5 heteroatoms. The molecule has 1 aliphatic rings. The first-order valence-electron chi connectivity index (χ1n) is 7.46. The van der Waals surface area contributed by atoms with Gasteiger partial charge in [-0.05, 0) is 18.9 Å². The molecule has 0 N–H and O–H groups in total. The highest BCUT2D eigenvalue weighted by Gasteiger charge is 2.32. The van der Waals surface area contributed by atoms with Crippen molar-refractivity contribution in [1.82, 2.24) is 19.7 Å². The maximum atomic E-state index is 12.4. The van der Waals surface area contributed by atoms with E-state index in [1.54, 1.807) is 0 Å². The Morgan fingerprint density at radius 3 is 2.71 bits per heavy atom. The largest absolute Gasteiger partial charge is 0.333 e. The fraction of sp³-hybridized carbons (Fsp3) is 0.438. The molecule has 110 valence electrons. The van der Waals surface area contributed by atoms with Gasteiger partial charge in [0.2, 0.25) is 5.91 Å². The predicted molar refractivity (Wildman–Crippen MR) is 79.7 cm³/mol. The first-order chi connectivity index (χ1) is 10.2. The molecule has 0 bridgehead atoms. The number of hydrogen-bond donors (Lipinski definition) is 0. The summed E-state index contributed by atoms with van der Waals surface area (Å²) in [6.45, 7) is 5.37. The third-order valence-corrected chi connectivity index (χ3v) is 3.92. The summed E-state index contributed by atoms with van der Waals surface area (Å²) in [5.74, 6) is 1.92. The summed E-state index contributed by atoms with van der Waals surface area (Å²) in [7, 11) is 0. The molecule has 21 heavy (non-hydrogen) atoms. The Balaban J connectivity index is 1.89. The van der Waals surface area contributed by atoms with Crippen molar-refractivity contribution in [2.45, 2.75) is 39.3 Å². The van der Waals surface area contributed by atoms with Crippen LogP contribution >= 0.6 is 0 Å². The molecule has 5 nitrogen and oxygen atoms in total. The molecular formula is C16H20N4O. The van der Waals surface area contributed by atoms with Crippen molar-refractivity contribution < 1.29 is 4.79 Å². The van der Waals surface area contributed by atoms with E-state index < -0.39 is 0 Å². The summed E-state index contributed by atoms with van der Waals surface area (Å²) >= 11 is 0. The van der Waals surface area contributed by atoms with Gasteiger partial charge in [0.15, 0.2) is 5.82 Å². The molecule has 0 fully saturated rings. The van der Waals surface area contributed by atoms with Crippen LogP contribution < -0.4 is 0 Å². The number of amides is 1. The molecular weight excluding hydrogens is 264 g/mol. The number of aromatic nitrogens is 3. The molecule has 0 unspecified atom stereocenters. The zero-order valence-electron chi connectivity index (χ0n) is 12.5. The van der Waals surface area contributed by atoms with Gasteiger partial charge in [-0.25, -0.2) is 0 Å². The second-order valence-electron chi connectivity index (χ2n) is 5.50. The second-order valence-corrected chi connectivity index (χ2v) is 5.50. The Bertz CT molecular complexity index is 635. The van der Waals surface area contributed by atoms with Crippen LogP contribution in [0.5, 0.6) is 0 Å². The lowest BCUT2D eigenvalue weighted by molar-refractivity contribution is -0.137. The van der Waals surface area contributed by atoms with Gasteiger partial charge in [0.1, 0.15) is 11.9 Å². The van der Waals surface area contributed by atoms with Crippen LogP contribution in [0.3, 0.4) is 0 Å². The average molecular weight is 284 g/mol. The smallest absolute Gasteiger partial charge is 0.245 e. The van der Waals surface area contributed by atoms with E-state index in [1.807, 2.05) is 34.6 Å². The third-order valence-electron chi connectivity index (χ3n) is 3.92. The summed E-state index contributed by atoms with van der Waals surface area (Å²) in [6.07, 6.45) is 1.67. The molecule has 1 aliphatic heterocycles. The summed E-state index contributed by atoms with van der Waals surface area (Å²) in [5, 5.41) is 8.60. The van der Waals surface area contributed by atoms with E-state index in [0.29, 0.717) is 13.0 Å². The molecule has 1 atom stereocenters. The summed E-state index contributed by atoms with van der Waals surface area (Å²) in [4.78, 5) is 14.3. The van der Waals surface area contributed by atoms with Crippen LogP contribution in [0.15, 0.2) is 30.3 Å². The highest BCUT2D eigenvalue weighted by atomic mass is 16.2. The van der Waals surface area contributed by atoms with Gasteiger partial charge in [-0.1, -0.05) is 37.3 Å². The summed E-state index contributed by atoms with van der Waals surface area (Å²) in [6, 6.07) is 9.95. The SMILES string of the molecule is CCCN1Cc2nnc(Cc3ccccc3)n2[C@@H](C)C1=O. The number of benzene rings is 1. The van der Waals surface area contributed by atoms with E-state index in [9.17, 15) is 4.79 Å². The average Bonchev–Trinajstić information content (AvgIpc) is 2.89. The Labute approximate surface area is 124 Å². The van der Waals surface area contributed by atoms with Crippen molar-refractivity contribution in [2.75, 3.05) is 6.54 Å². The van der Waals surface area contributed by atoms with E-state index in [2.05, 4.69) is 29.3 Å². The van der Waals surface area contributed by atoms with Crippen molar-refractivity contribution >= 4 is 5.91 Å². The van der Waals surface area contributed by atoms with E-state index >= 15 is 0 Å². The first-order valence-corrected chi connectivity index (χ1v) is 7.46. The maximum absolute atomic E-state index is 12.4. The first kappa shape index (κ1) is 13.8. The number of carbonyl (C=O) groups is 1. The predicted octanol–water partition coefficient (Wildman–Crippen LogP) is 2.18. The second kappa shape index (κ2) is 5.68. The van der Waals surface area contributed by atoms with Gasteiger partial charge in [0.05, 0.1) is 6.54 Å². The summed E-state index contributed by atoms with van der Waals surface area (Å²) < 4.78 is 2.00. The monoisotopic (exact) mass is 284 g/mol. The molecule has 0 aliphatic carbocycles. The van der Waals surface area contributed by atoms with Crippen molar-refractivity contribution in [1.29, 1.82) is 0 Å². The van der Waals surface area contributed by atoms with Gasteiger partial charge >= 0.3 is 0 Å². The lowest BCUT2D eigenvalue weighted by atomic mass is 10.1. The van der Waals surface area contributed by atoms with E-state index in [-0.39, 0.29) is 11.9 Å². The minimum atomic E-state index is -0.214. The Hall–Kier alpha value is -2.17. The zero-order chi connectivity index (χ0) is 14.8. The van der Waals surface area contributed by atoms with Crippen LogP contribution in [0.2, 0.25) is 0 Å². The van der Waals surface area contributed by atoms with Crippen LogP contribution in [-0.2, 0) is 17.8 Å². The number of carbonyl (C=O) groups excluding carboxylic acids is 1. The van der Waals surface area contributed by atoms with Crippen molar-refractivity contribution in [2.24, 2.45) is 0 Å². The fourth-order valence-corrected chi connectivity index (χ4v) is 2.90. The van der Waals surface area contributed by atoms with Crippen molar-refractivity contribution in [3.8, 4) is 0 Å². The Morgan fingerprint density at radius 2 is 2.00 bits per heavy atom. The molecule has 2 heterocycles. The molecule has 1 amide bonds. The van der Waals surface area contributed by atoms with Crippen LogP contribution in [-0.4, -0.2) is 32.1 Å². The van der Waals surface area contributed by atoms with Crippen molar-refractivity contribution in [3.05, 3.63) is 47.5 Å².